The van der Waals surface area contributed by atoms with E-state index in [2.05, 4.69) is 34.0 Å². The third-order valence-corrected chi connectivity index (χ3v) is 9.27. The number of nitrogens with zero attached hydrogens (tertiary/aromatic N) is 2. The average Bonchev–Trinajstić information content (AvgIpc) is 3.45. The predicted molar refractivity (Wildman–Crippen MR) is 166 cm³/mol. The Morgan fingerprint density at radius 1 is 0.977 bits per heavy atom. The number of aromatic nitrogens is 2. The first-order chi connectivity index (χ1) is 20.7. The number of nitrogens with one attached hydrogen (secondary N) is 1. The number of esters is 1. The van der Waals surface area contributed by atoms with Crippen molar-refractivity contribution in [2.45, 2.75) is 62.0 Å². The number of aryl methyl sites for hydroxylation is 3. The highest BCUT2D eigenvalue weighted by Crippen LogP contribution is 2.42. The topological polar surface area (TPSA) is 111 Å². The average molecular weight is 600 g/mol. The molecule has 4 aromatic rings. The van der Waals surface area contributed by atoms with E-state index >= 15 is 0 Å². The molecule has 2 N–H and O–H groups in total. The van der Waals surface area contributed by atoms with Crippen LogP contribution >= 0.6 is 0 Å². The second kappa shape index (κ2) is 12.9. The van der Waals surface area contributed by atoms with Crippen molar-refractivity contribution in [3.8, 4) is 0 Å². The Morgan fingerprint density at radius 2 is 1.60 bits per heavy atom. The molecule has 0 radical (unpaired) electrons. The molecule has 1 unspecified atom stereocenters. The Balaban J connectivity index is 1.41. The highest BCUT2D eigenvalue weighted by atomic mass is 32.2. The predicted octanol–water partition coefficient (Wildman–Crippen LogP) is 6.48. The van der Waals surface area contributed by atoms with Crippen LogP contribution in [0.2, 0.25) is 0 Å². The van der Waals surface area contributed by atoms with Crippen LogP contribution in [0, 0.1) is 0 Å². The van der Waals surface area contributed by atoms with E-state index in [4.69, 9.17) is 4.74 Å². The van der Waals surface area contributed by atoms with Gasteiger partial charge in [0.05, 0.1) is 11.9 Å². The van der Waals surface area contributed by atoms with Crippen molar-refractivity contribution in [3.05, 3.63) is 125 Å². The number of hydrogen-bond donors (Lipinski definition) is 2. The zero-order valence-corrected chi connectivity index (χ0v) is 25.3. The highest BCUT2D eigenvalue weighted by Gasteiger charge is 2.43. The number of aliphatic hydroxyl groups excluding tert-OH is 1. The van der Waals surface area contributed by atoms with Gasteiger partial charge in [0, 0.05) is 31.3 Å². The fourth-order valence-corrected chi connectivity index (χ4v) is 6.78. The molecule has 3 aromatic carbocycles. The standard InChI is InChI=1S/C34H37N3O5S/c1-3-29(27-15-10-16-28(21-27)36-43(40,41)31-23-37(2)24-35-31)32-30(38)22-34(42-33(32)39,19-17-25-11-6-4-7-12-25)20-18-26-13-8-5-9-14-26/h4-16,21,23-24,29,36,38H,3,17-20,22H2,1-2H3. The van der Waals surface area contributed by atoms with Crippen molar-refractivity contribution in [3.63, 3.8) is 0 Å². The molecule has 0 spiro atoms. The molecule has 0 amide bonds. The molecule has 1 aliphatic heterocycles. The summed E-state index contributed by atoms with van der Waals surface area (Å²) >= 11 is 0. The number of anilines is 1. The maximum atomic E-state index is 13.8. The van der Waals surface area contributed by atoms with E-state index in [1.54, 1.807) is 29.8 Å². The molecule has 1 aromatic heterocycles. The smallest absolute Gasteiger partial charge is 0.338 e. The molecule has 0 saturated carbocycles. The molecule has 43 heavy (non-hydrogen) atoms. The number of rotatable bonds is 12. The van der Waals surface area contributed by atoms with Crippen LogP contribution in [0.3, 0.4) is 0 Å². The van der Waals surface area contributed by atoms with Gasteiger partial charge < -0.3 is 14.4 Å². The summed E-state index contributed by atoms with van der Waals surface area (Å²) < 4.78 is 36.1. The Labute approximate surface area is 253 Å². The quantitative estimate of drug-likeness (QED) is 0.181. The van der Waals surface area contributed by atoms with Crippen molar-refractivity contribution in [1.29, 1.82) is 0 Å². The van der Waals surface area contributed by atoms with Gasteiger partial charge in [-0.15, -0.1) is 0 Å². The Kier molecular flexibility index (Phi) is 9.01. The molecule has 9 heteroatoms. The summed E-state index contributed by atoms with van der Waals surface area (Å²) in [5, 5.41) is 11.4. The van der Waals surface area contributed by atoms with Crippen LogP contribution in [0.5, 0.6) is 0 Å². The maximum absolute atomic E-state index is 13.8. The fraction of sp³-hybridized carbons (Fsp3) is 0.294. The van der Waals surface area contributed by atoms with Crippen molar-refractivity contribution >= 4 is 21.7 Å². The maximum Gasteiger partial charge on any atom is 0.338 e. The van der Waals surface area contributed by atoms with E-state index in [9.17, 15) is 18.3 Å². The second-order valence-electron chi connectivity index (χ2n) is 11.2. The summed E-state index contributed by atoms with van der Waals surface area (Å²) in [5.74, 6) is -0.979. The number of carbonyl (C=O) groups is 1. The summed E-state index contributed by atoms with van der Waals surface area (Å²) in [4.78, 5) is 17.7. The first-order valence-corrected chi connectivity index (χ1v) is 16.0. The summed E-state index contributed by atoms with van der Waals surface area (Å²) in [5.41, 5.74) is 2.69. The molecular weight excluding hydrogens is 562 g/mol. The number of aliphatic hydroxyl groups is 1. The summed E-state index contributed by atoms with van der Waals surface area (Å²) in [7, 11) is -2.20. The van der Waals surface area contributed by atoms with Gasteiger partial charge in [0.25, 0.3) is 10.0 Å². The van der Waals surface area contributed by atoms with E-state index in [1.165, 1.54) is 12.5 Å². The lowest BCUT2D eigenvalue weighted by atomic mass is 9.79. The number of cyclic esters (lactones) is 1. The van der Waals surface area contributed by atoms with Crippen molar-refractivity contribution in [2.75, 3.05) is 4.72 Å². The Bertz CT molecular complexity index is 1650. The van der Waals surface area contributed by atoms with Crippen LogP contribution in [0.25, 0.3) is 0 Å². The third-order valence-electron chi connectivity index (χ3n) is 8.01. The zero-order chi connectivity index (χ0) is 30.5. The molecule has 0 aliphatic carbocycles. The van der Waals surface area contributed by atoms with Crippen LogP contribution < -0.4 is 4.72 Å². The van der Waals surface area contributed by atoms with Gasteiger partial charge in [-0.05, 0) is 60.9 Å². The molecule has 1 aliphatic rings. The molecule has 5 rings (SSSR count). The lowest BCUT2D eigenvalue weighted by Gasteiger charge is -2.39. The first-order valence-electron chi connectivity index (χ1n) is 14.5. The molecular formula is C34H37N3O5S. The molecule has 8 nitrogen and oxygen atoms in total. The first kappa shape index (κ1) is 30.1. The minimum absolute atomic E-state index is 0.0312. The van der Waals surface area contributed by atoms with Gasteiger partial charge in [0.1, 0.15) is 11.4 Å². The lowest BCUT2D eigenvalue weighted by molar-refractivity contribution is -0.161. The largest absolute Gasteiger partial charge is 0.512 e. The second-order valence-corrected chi connectivity index (χ2v) is 12.8. The minimum Gasteiger partial charge on any atom is -0.512 e. The van der Waals surface area contributed by atoms with E-state index in [0.717, 1.165) is 11.1 Å². The molecule has 1 atom stereocenters. The van der Waals surface area contributed by atoms with Gasteiger partial charge in [-0.2, -0.15) is 8.42 Å². The summed E-state index contributed by atoms with van der Waals surface area (Å²) in [6, 6.07) is 27.0. The third kappa shape index (κ3) is 7.17. The van der Waals surface area contributed by atoms with Gasteiger partial charge in [0.15, 0.2) is 5.03 Å². The van der Waals surface area contributed by atoms with Crippen molar-refractivity contribution in [2.24, 2.45) is 7.05 Å². The van der Waals surface area contributed by atoms with Gasteiger partial charge in [-0.3, -0.25) is 4.72 Å². The lowest BCUT2D eigenvalue weighted by Crippen LogP contribution is -2.42. The Morgan fingerprint density at radius 3 is 2.14 bits per heavy atom. The van der Waals surface area contributed by atoms with Gasteiger partial charge in [-0.1, -0.05) is 79.7 Å². The van der Waals surface area contributed by atoms with Crippen molar-refractivity contribution in [1.82, 2.24) is 9.55 Å². The van der Waals surface area contributed by atoms with Crippen molar-refractivity contribution < 1.29 is 23.1 Å². The SMILES string of the molecule is CCC(C1=C(O)CC(CCc2ccccc2)(CCc2ccccc2)OC1=O)c1cccc(NS(=O)(=O)c2cn(C)cn2)c1. The van der Waals surface area contributed by atoms with E-state index < -0.39 is 27.5 Å². The van der Waals surface area contributed by atoms with Crippen LogP contribution in [-0.4, -0.2) is 34.6 Å². The normalized spacial score (nSPS) is 15.6. The highest BCUT2D eigenvalue weighted by molar-refractivity contribution is 7.92. The minimum atomic E-state index is -3.90. The Hall–Kier alpha value is -4.37. The number of imidazole rings is 1. The molecule has 224 valence electrons. The van der Waals surface area contributed by atoms with Crippen LogP contribution in [0.1, 0.15) is 55.2 Å². The fourth-order valence-electron chi connectivity index (χ4n) is 5.75. The van der Waals surface area contributed by atoms with E-state index in [-0.39, 0.29) is 22.8 Å². The monoisotopic (exact) mass is 599 g/mol. The van der Waals surface area contributed by atoms with Crippen LogP contribution in [0.4, 0.5) is 5.69 Å². The summed E-state index contributed by atoms with van der Waals surface area (Å²) in [6.07, 6.45) is 6.14. The number of carbonyl (C=O) groups excluding carboxylic acids is 1. The van der Waals surface area contributed by atoms with Gasteiger partial charge >= 0.3 is 5.97 Å². The molecule has 0 saturated heterocycles. The van der Waals surface area contributed by atoms with Gasteiger partial charge in [-0.25, -0.2) is 9.78 Å². The molecule has 0 bridgehead atoms. The summed E-state index contributed by atoms with van der Waals surface area (Å²) in [6.45, 7) is 1.93. The van der Waals surface area contributed by atoms with E-state index in [0.29, 0.717) is 43.4 Å². The number of sulfonamides is 1. The number of benzene rings is 3. The molecule has 2 heterocycles. The zero-order valence-electron chi connectivity index (χ0n) is 24.4. The number of hydrogen-bond acceptors (Lipinski definition) is 6. The number of ether oxygens (including phenoxy) is 1. The van der Waals surface area contributed by atoms with Gasteiger partial charge in [0.2, 0.25) is 0 Å². The van der Waals surface area contributed by atoms with Crippen LogP contribution in [0.15, 0.2) is 114 Å². The van der Waals surface area contributed by atoms with Crippen LogP contribution in [-0.2, 0) is 39.4 Å². The van der Waals surface area contributed by atoms with E-state index in [1.807, 2.05) is 49.4 Å². The molecule has 0 fully saturated rings.